The first-order valence-corrected chi connectivity index (χ1v) is 11.7. The number of aromatic nitrogens is 1. The second-order valence-corrected chi connectivity index (χ2v) is 9.78. The number of amidine groups is 1. The van der Waals surface area contributed by atoms with Crippen molar-refractivity contribution < 1.29 is 4.79 Å². The van der Waals surface area contributed by atoms with Gasteiger partial charge in [0.15, 0.2) is 5.17 Å². The molecule has 0 aliphatic carbocycles. The lowest BCUT2D eigenvalue weighted by Gasteiger charge is -2.07. The highest BCUT2D eigenvalue weighted by Crippen LogP contribution is 2.30. The highest BCUT2D eigenvalue weighted by Gasteiger charge is 2.24. The Bertz CT molecular complexity index is 1020. The molecule has 1 saturated heterocycles. The number of hydrogen-bond donors (Lipinski definition) is 1. The summed E-state index contributed by atoms with van der Waals surface area (Å²) in [5.74, 6) is -0.109. The van der Waals surface area contributed by atoms with Crippen LogP contribution in [0, 0.1) is 0 Å². The minimum absolute atomic E-state index is 0.109. The smallest absolute Gasteiger partial charge is 0.264 e. The number of unbranched alkanes of at least 4 members (excludes halogenated alkanes) is 2. The molecule has 1 aromatic heterocycles. The Balaban J connectivity index is 1.34. The van der Waals surface area contributed by atoms with Gasteiger partial charge in [-0.25, -0.2) is 9.98 Å². The van der Waals surface area contributed by atoms with Gasteiger partial charge in [0.05, 0.1) is 22.1 Å². The molecule has 4 rings (SSSR count). The summed E-state index contributed by atoms with van der Waals surface area (Å²) < 4.78 is 0. The first-order chi connectivity index (χ1) is 14.6. The van der Waals surface area contributed by atoms with Crippen LogP contribution in [0.3, 0.4) is 0 Å². The number of carbonyl (C=O) groups is 1. The Kier molecular flexibility index (Phi) is 6.76. The Morgan fingerprint density at radius 3 is 3.03 bits per heavy atom. The first-order valence-electron chi connectivity index (χ1n) is 10.1. The van der Waals surface area contributed by atoms with Gasteiger partial charge in [0.2, 0.25) is 0 Å². The van der Waals surface area contributed by atoms with Crippen LogP contribution in [0.1, 0.15) is 40.3 Å². The SMILES string of the molecule is CN(C)CCCCCc1ncc(/C=C2\SC(=Nc3ccc4c(c3)CN=C4)NC2=O)s1. The average Bonchev–Trinajstić information content (AvgIpc) is 3.42. The van der Waals surface area contributed by atoms with Crippen LogP contribution < -0.4 is 5.32 Å². The first kappa shape index (κ1) is 21.0. The molecule has 1 N–H and O–H groups in total. The summed E-state index contributed by atoms with van der Waals surface area (Å²) in [5, 5.41) is 4.60. The van der Waals surface area contributed by atoms with Crippen molar-refractivity contribution in [3.63, 3.8) is 0 Å². The lowest BCUT2D eigenvalue weighted by Crippen LogP contribution is -2.19. The van der Waals surface area contributed by atoms with Crippen molar-refractivity contribution >= 4 is 52.2 Å². The zero-order valence-electron chi connectivity index (χ0n) is 17.2. The molecule has 0 bridgehead atoms. The second-order valence-electron chi connectivity index (χ2n) is 7.60. The quantitative estimate of drug-likeness (QED) is 0.493. The van der Waals surface area contributed by atoms with E-state index >= 15 is 0 Å². The topological polar surface area (TPSA) is 70.0 Å². The van der Waals surface area contributed by atoms with E-state index in [0.29, 0.717) is 16.6 Å². The van der Waals surface area contributed by atoms with Crippen LogP contribution in [-0.2, 0) is 17.8 Å². The van der Waals surface area contributed by atoms with E-state index in [4.69, 9.17) is 0 Å². The average molecular weight is 440 g/mol. The molecule has 8 heteroatoms. The van der Waals surface area contributed by atoms with Crippen molar-refractivity contribution in [3.05, 3.63) is 50.3 Å². The summed E-state index contributed by atoms with van der Waals surface area (Å²) in [5.41, 5.74) is 3.14. The van der Waals surface area contributed by atoms with Gasteiger partial charge >= 0.3 is 0 Å². The van der Waals surface area contributed by atoms with Crippen LogP contribution >= 0.6 is 23.1 Å². The molecule has 3 heterocycles. The molecule has 2 aliphatic heterocycles. The number of fused-ring (bicyclic) bond motifs is 1. The van der Waals surface area contributed by atoms with Crippen molar-refractivity contribution in [2.24, 2.45) is 9.98 Å². The molecule has 0 radical (unpaired) electrons. The number of carbonyl (C=O) groups excluding carboxylic acids is 1. The molecule has 0 unspecified atom stereocenters. The maximum absolute atomic E-state index is 12.4. The van der Waals surface area contributed by atoms with E-state index in [1.54, 1.807) is 11.3 Å². The number of benzene rings is 1. The van der Waals surface area contributed by atoms with Crippen molar-refractivity contribution in [1.29, 1.82) is 0 Å². The van der Waals surface area contributed by atoms with Gasteiger partial charge in [-0.1, -0.05) is 12.5 Å². The fraction of sp³-hybridized carbons (Fsp3) is 0.364. The highest BCUT2D eigenvalue weighted by atomic mass is 32.2. The number of aliphatic imine (C=N–C) groups is 2. The number of rotatable bonds is 8. The van der Waals surface area contributed by atoms with E-state index < -0.39 is 0 Å². The second kappa shape index (κ2) is 9.68. The summed E-state index contributed by atoms with van der Waals surface area (Å²) in [6, 6.07) is 5.99. The predicted molar refractivity (Wildman–Crippen MR) is 127 cm³/mol. The fourth-order valence-corrected chi connectivity index (χ4v) is 5.09. The van der Waals surface area contributed by atoms with Gasteiger partial charge in [-0.15, -0.1) is 11.3 Å². The standard InChI is InChI=1S/C22H25N5OS2/c1-27(2)9-5-3-4-6-20-24-14-18(29-20)11-19-21(28)26-22(30-19)25-17-8-7-15-12-23-13-16(15)10-17/h7-8,10-12,14H,3-6,9,13H2,1-2H3,(H,25,26,28)/b19-11-. The van der Waals surface area contributed by atoms with Crippen LogP contribution in [0.2, 0.25) is 0 Å². The normalized spacial score (nSPS) is 18.0. The number of nitrogens with zero attached hydrogens (tertiary/aromatic N) is 4. The largest absolute Gasteiger partial charge is 0.309 e. The van der Waals surface area contributed by atoms with Crippen molar-refractivity contribution in [3.8, 4) is 0 Å². The van der Waals surface area contributed by atoms with Gasteiger partial charge in [-0.05, 0) is 81.0 Å². The molecule has 30 heavy (non-hydrogen) atoms. The van der Waals surface area contributed by atoms with Crippen molar-refractivity contribution in [2.75, 3.05) is 20.6 Å². The maximum Gasteiger partial charge on any atom is 0.264 e. The van der Waals surface area contributed by atoms with Crippen LogP contribution in [0.5, 0.6) is 0 Å². The zero-order chi connectivity index (χ0) is 20.9. The third kappa shape index (κ3) is 5.44. The predicted octanol–water partition coefficient (Wildman–Crippen LogP) is 4.24. The van der Waals surface area contributed by atoms with Gasteiger partial charge in [0.1, 0.15) is 0 Å². The molecule has 1 amide bonds. The molecule has 2 aliphatic rings. The summed E-state index contributed by atoms with van der Waals surface area (Å²) >= 11 is 3.03. The Morgan fingerprint density at radius 1 is 1.27 bits per heavy atom. The lowest BCUT2D eigenvalue weighted by atomic mass is 10.1. The van der Waals surface area contributed by atoms with E-state index in [2.05, 4.69) is 39.3 Å². The molecule has 156 valence electrons. The lowest BCUT2D eigenvalue weighted by molar-refractivity contribution is -0.115. The summed E-state index contributed by atoms with van der Waals surface area (Å²) in [7, 11) is 4.21. The third-order valence-corrected chi connectivity index (χ3v) is 6.75. The molecule has 0 spiro atoms. The Hall–Kier alpha value is -2.29. The minimum atomic E-state index is -0.109. The van der Waals surface area contributed by atoms with Crippen LogP contribution in [0.25, 0.3) is 6.08 Å². The Morgan fingerprint density at radius 2 is 2.17 bits per heavy atom. The van der Waals surface area contributed by atoms with E-state index in [0.717, 1.165) is 40.5 Å². The molecule has 1 fully saturated rings. The number of thioether (sulfide) groups is 1. The van der Waals surface area contributed by atoms with Crippen LogP contribution in [-0.4, -0.2) is 47.8 Å². The number of thiazole rings is 1. The van der Waals surface area contributed by atoms with Gasteiger partial charge in [0.25, 0.3) is 5.91 Å². The van der Waals surface area contributed by atoms with E-state index in [1.165, 1.54) is 30.2 Å². The van der Waals surface area contributed by atoms with Gasteiger partial charge < -0.3 is 10.2 Å². The Labute approximate surface area is 185 Å². The molecule has 0 saturated carbocycles. The molecule has 1 aromatic carbocycles. The monoisotopic (exact) mass is 439 g/mol. The number of amides is 1. The summed E-state index contributed by atoms with van der Waals surface area (Å²) in [6.45, 7) is 1.83. The number of nitrogens with one attached hydrogen (secondary N) is 1. The minimum Gasteiger partial charge on any atom is -0.309 e. The van der Waals surface area contributed by atoms with E-state index in [1.807, 2.05) is 36.7 Å². The van der Waals surface area contributed by atoms with Crippen LogP contribution in [0.4, 0.5) is 5.69 Å². The third-order valence-electron chi connectivity index (χ3n) is 4.84. The molecular weight excluding hydrogens is 414 g/mol. The number of aryl methyl sites for hydroxylation is 1. The zero-order valence-corrected chi connectivity index (χ0v) is 18.9. The summed E-state index contributed by atoms with van der Waals surface area (Å²) in [6.07, 6.45) is 10.2. The van der Waals surface area contributed by atoms with E-state index in [9.17, 15) is 4.79 Å². The van der Waals surface area contributed by atoms with Gasteiger partial charge in [-0.3, -0.25) is 9.79 Å². The number of hydrogen-bond acceptors (Lipinski definition) is 7. The fourth-order valence-electron chi connectivity index (χ4n) is 3.28. The molecular formula is C22H25N5OS2. The highest BCUT2D eigenvalue weighted by molar-refractivity contribution is 8.18. The molecule has 0 atom stereocenters. The van der Waals surface area contributed by atoms with Crippen molar-refractivity contribution in [2.45, 2.75) is 32.2 Å². The maximum atomic E-state index is 12.4. The van der Waals surface area contributed by atoms with E-state index in [-0.39, 0.29) is 5.91 Å². The molecule has 6 nitrogen and oxygen atoms in total. The van der Waals surface area contributed by atoms with Crippen molar-refractivity contribution in [1.82, 2.24) is 15.2 Å². The van der Waals surface area contributed by atoms with Gasteiger partial charge in [-0.2, -0.15) is 0 Å². The van der Waals surface area contributed by atoms with Crippen LogP contribution in [0.15, 0.2) is 39.3 Å². The van der Waals surface area contributed by atoms with Gasteiger partial charge in [0, 0.05) is 17.3 Å². The summed E-state index contributed by atoms with van der Waals surface area (Å²) in [4.78, 5) is 29.6. The molecule has 2 aromatic rings.